The fourth-order valence-electron chi connectivity index (χ4n) is 3.47. The van der Waals surface area contributed by atoms with E-state index < -0.39 is 11.6 Å². The normalized spacial score (nSPS) is 21.2. The zero-order chi connectivity index (χ0) is 18.0. The van der Waals surface area contributed by atoms with Gasteiger partial charge >= 0.3 is 0 Å². The van der Waals surface area contributed by atoms with E-state index in [0.29, 0.717) is 25.9 Å². The molecule has 0 spiro atoms. The lowest BCUT2D eigenvalue weighted by atomic mass is 10.1. The molecule has 7 heteroatoms. The number of halogens is 2. The van der Waals surface area contributed by atoms with Gasteiger partial charge in [0.1, 0.15) is 0 Å². The zero-order valence-electron chi connectivity index (χ0n) is 14.4. The molecule has 136 valence electrons. The fraction of sp³-hybridized carbons (Fsp3) is 0.556. The van der Waals surface area contributed by atoms with E-state index in [0.717, 1.165) is 31.7 Å². The van der Waals surface area contributed by atoms with E-state index in [1.54, 1.807) is 6.07 Å². The van der Waals surface area contributed by atoms with Crippen molar-refractivity contribution in [1.29, 1.82) is 0 Å². The summed E-state index contributed by atoms with van der Waals surface area (Å²) in [4.78, 5) is 29.1. The molecular weight excluding hydrogens is 328 g/mol. The van der Waals surface area contributed by atoms with E-state index in [1.165, 1.54) is 17.0 Å². The van der Waals surface area contributed by atoms with Crippen molar-refractivity contribution in [3.63, 3.8) is 0 Å². The molecule has 2 saturated heterocycles. The fourth-order valence-corrected chi connectivity index (χ4v) is 3.47. The first-order valence-electron chi connectivity index (χ1n) is 8.70. The third-order valence-corrected chi connectivity index (χ3v) is 5.18. The first-order valence-corrected chi connectivity index (χ1v) is 8.70. The lowest BCUT2D eigenvalue weighted by Crippen LogP contribution is -2.49. The summed E-state index contributed by atoms with van der Waals surface area (Å²) in [5, 5.41) is 0. The van der Waals surface area contributed by atoms with E-state index in [2.05, 4.69) is 9.80 Å². The molecule has 0 radical (unpaired) electrons. The van der Waals surface area contributed by atoms with Crippen LogP contribution >= 0.6 is 0 Å². The van der Waals surface area contributed by atoms with Crippen LogP contribution < -0.4 is 0 Å². The molecule has 3 rings (SSSR count). The van der Waals surface area contributed by atoms with E-state index in [9.17, 15) is 18.4 Å². The monoisotopic (exact) mass is 351 g/mol. The number of benzene rings is 1. The highest BCUT2D eigenvalue weighted by Crippen LogP contribution is 2.23. The van der Waals surface area contributed by atoms with Crippen molar-refractivity contribution in [3.05, 3.63) is 35.4 Å². The average Bonchev–Trinajstić information content (AvgIpc) is 2.93. The number of nitrogens with zero attached hydrogens (tertiary/aromatic N) is 3. The molecule has 2 amide bonds. The summed E-state index contributed by atoms with van der Waals surface area (Å²) in [5.74, 6) is -1.79. The van der Waals surface area contributed by atoms with Gasteiger partial charge in [-0.2, -0.15) is 0 Å². The summed E-state index contributed by atoms with van der Waals surface area (Å²) in [7, 11) is 0. The Labute approximate surface area is 146 Å². The van der Waals surface area contributed by atoms with Gasteiger partial charge in [-0.25, -0.2) is 8.78 Å². The van der Waals surface area contributed by atoms with Crippen molar-refractivity contribution < 1.29 is 18.4 Å². The molecule has 0 saturated carbocycles. The molecule has 0 aliphatic carbocycles. The quantitative estimate of drug-likeness (QED) is 0.759. The Balaban J connectivity index is 1.48. The third kappa shape index (κ3) is 4.04. The Hall–Kier alpha value is -1.86. The Kier molecular flexibility index (Phi) is 5.44. The maximum Gasteiger partial charge on any atom is 0.229 e. The highest BCUT2D eigenvalue weighted by molar-refractivity contribution is 6.01. The van der Waals surface area contributed by atoms with Gasteiger partial charge in [0.05, 0.1) is 0 Å². The molecule has 5 nitrogen and oxygen atoms in total. The highest BCUT2D eigenvalue weighted by atomic mass is 19.2. The lowest BCUT2D eigenvalue weighted by Gasteiger charge is -2.38. The minimum atomic E-state index is -0.827. The van der Waals surface area contributed by atoms with Crippen LogP contribution in [0.2, 0.25) is 0 Å². The summed E-state index contributed by atoms with van der Waals surface area (Å²) < 4.78 is 26.5. The SMILES string of the molecule is C[C@@H](c1ccc(F)c(F)c1)N1CCN(CCN2C(=O)CCC2=O)CC1. The van der Waals surface area contributed by atoms with Crippen LogP contribution in [-0.2, 0) is 9.59 Å². The molecule has 1 atom stereocenters. The zero-order valence-corrected chi connectivity index (χ0v) is 14.4. The molecule has 1 aromatic carbocycles. The molecule has 0 bridgehead atoms. The Bertz CT molecular complexity index is 644. The maximum atomic E-state index is 13.4. The van der Waals surface area contributed by atoms with Crippen molar-refractivity contribution >= 4 is 11.8 Å². The van der Waals surface area contributed by atoms with Crippen molar-refractivity contribution in [3.8, 4) is 0 Å². The highest BCUT2D eigenvalue weighted by Gasteiger charge is 2.29. The number of rotatable bonds is 5. The molecule has 2 aliphatic rings. The number of amides is 2. The molecular formula is C18H23F2N3O2. The van der Waals surface area contributed by atoms with Gasteiger partial charge in [-0.1, -0.05) is 6.07 Å². The smallest absolute Gasteiger partial charge is 0.229 e. The largest absolute Gasteiger partial charge is 0.299 e. The van der Waals surface area contributed by atoms with Gasteiger partial charge < -0.3 is 0 Å². The maximum absolute atomic E-state index is 13.4. The van der Waals surface area contributed by atoms with Gasteiger partial charge in [0.25, 0.3) is 0 Å². The Morgan fingerprint density at radius 3 is 2.20 bits per heavy atom. The molecule has 0 N–H and O–H groups in total. The van der Waals surface area contributed by atoms with Gasteiger partial charge in [0.15, 0.2) is 11.6 Å². The van der Waals surface area contributed by atoms with Crippen LogP contribution in [0.5, 0.6) is 0 Å². The summed E-state index contributed by atoms with van der Waals surface area (Å²) in [6.07, 6.45) is 0.663. The molecule has 1 aromatic rings. The second-order valence-electron chi connectivity index (χ2n) is 6.67. The number of hydrogen-bond acceptors (Lipinski definition) is 4. The minimum Gasteiger partial charge on any atom is -0.299 e. The lowest BCUT2D eigenvalue weighted by molar-refractivity contribution is -0.138. The standard InChI is InChI=1S/C18H23F2N3O2/c1-13(14-2-3-15(19)16(20)12-14)22-9-6-21(7-10-22)8-11-23-17(24)4-5-18(23)25/h2-3,12-13H,4-11H2,1H3/t13-/m0/s1. The van der Waals surface area contributed by atoms with Crippen molar-refractivity contribution in [2.75, 3.05) is 39.3 Å². The van der Waals surface area contributed by atoms with Crippen molar-refractivity contribution in [1.82, 2.24) is 14.7 Å². The first-order chi connectivity index (χ1) is 12.0. The molecule has 0 aromatic heterocycles. The van der Waals surface area contributed by atoms with Gasteiger partial charge in [-0.3, -0.25) is 24.3 Å². The Morgan fingerprint density at radius 1 is 0.960 bits per heavy atom. The van der Waals surface area contributed by atoms with Crippen LogP contribution in [0.3, 0.4) is 0 Å². The summed E-state index contributed by atoms with van der Waals surface area (Å²) in [5.41, 5.74) is 0.764. The topological polar surface area (TPSA) is 43.9 Å². The molecule has 2 heterocycles. The minimum absolute atomic E-state index is 0.0130. The number of carbonyl (C=O) groups excluding carboxylic acids is 2. The number of piperazine rings is 1. The van der Waals surface area contributed by atoms with Gasteiger partial charge in [0, 0.05) is 58.2 Å². The Morgan fingerprint density at radius 2 is 1.60 bits per heavy atom. The van der Waals surface area contributed by atoms with Crippen LogP contribution in [0.1, 0.15) is 31.4 Å². The predicted octanol–water partition coefficient (Wildman–Crippen LogP) is 1.79. The molecule has 25 heavy (non-hydrogen) atoms. The van der Waals surface area contributed by atoms with E-state index in [4.69, 9.17) is 0 Å². The number of hydrogen-bond donors (Lipinski definition) is 0. The number of imide groups is 1. The predicted molar refractivity (Wildman–Crippen MR) is 88.7 cm³/mol. The molecule has 2 fully saturated rings. The summed E-state index contributed by atoms with van der Waals surface area (Å²) in [6.45, 7) is 6.39. The summed E-state index contributed by atoms with van der Waals surface area (Å²) >= 11 is 0. The van der Waals surface area contributed by atoms with Crippen LogP contribution in [0.25, 0.3) is 0 Å². The van der Waals surface area contributed by atoms with Gasteiger partial charge in [-0.05, 0) is 24.6 Å². The van der Waals surface area contributed by atoms with Gasteiger partial charge in [-0.15, -0.1) is 0 Å². The average molecular weight is 351 g/mol. The number of likely N-dealkylation sites (tertiary alicyclic amines) is 1. The number of carbonyl (C=O) groups is 2. The van der Waals surface area contributed by atoms with Crippen LogP contribution in [-0.4, -0.2) is 65.8 Å². The van der Waals surface area contributed by atoms with E-state index in [1.807, 2.05) is 6.92 Å². The van der Waals surface area contributed by atoms with Gasteiger partial charge in [0.2, 0.25) is 11.8 Å². The third-order valence-electron chi connectivity index (χ3n) is 5.18. The summed E-state index contributed by atoms with van der Waals surface area (Å²) in [6, 6.07) is 4.07. The van der Waals surface area contributed by atoms with Crippen LogP contribution in [0.15, 0.2) is 18.2 Å². The van der Waals surface area contributed by atoms with E-state index in [-0.39, 0.29) is 17.9 Å². The van der Waals surface area contributed by atoms with Crippen molar-refractivity contribution in [2.45, 2.75) is 25.8 Å². The van der Waals surface area contributed by atoms with Crippen molar-refractivity contribution in [2.24, 2.45) is 0 Å². The molecule has 0 unspecified atom stereocenters. The molecule has 2 aliphatic heterocycles. The first kappa shape index (κ1) is 17.9. The van der Waals surface area contributed by atoms with Crippen LogP contribution in [0.4, 0.5) is 8.78 Å². The second-order valence-corrected chi connectivity index (χ2v) is 6.67. The van der Waals surface area contributed by atoms with Crippen LogP contribution in [0, 0.1) is 11.6 Å². The van der Waals surface area contributed by atoms with E-state index >= 15 is 0 Å². The second kappa shape index (κ2) is 7.58.